The number of benzene rings is 1. The maximum Gasteiger partial charge on any atom is 0.323 e. The van der Waals surface area contributed by atoms with E-state index in [0.717, 1.165) is 18.3 Å². The van der Waals surface area contributed by atoms with Gasteiger partial charge in [0.1, 0.15) is 0 Å². The molecule has 2 aliphatic heterocycles. The van der Waals surface area contributed by atoms with Gasteiger partial charge in [-0.15, -0.1) is 11.8 Å². The van der Waals surface area contributed by atoms with Gasteiger partial charge in [-0.2, -0.15) is 0 Å². The Morgan fingerprint density at radius 1 is 1.26 bits per heavy atom. The van der Waals surface area contributed by atoms with Crippen LogP contribution in [0.1, 0.15) is 6.42 Å². The first-order valence-electron chi connectivity index (χ1n) is 7.91. The smallest absolute Gasteiger partial charge is 0.315 e. The van der Waals surface area contributed by atoms with Crippen molar-refractivity contribution in [3.63, 3.8) is 0 Å². The molecule has 2 heterocycles. The highest BCUT2D eigenvalue weighted by molar-refractivity contribution is 8.16. The fourth-order valence-electron chi connectivity index (χ4n) is 2.61. The lowest BCUT2D eigenvalue weighted by molar-refractivity contribution is -0.114. The summed E-state index contributed by atoms with van der Waals surface area (Å²) in [5.41, 5.74) is 0.163. The average Bonchev–Trinajstić information content (AvgIpc) is 3.22. The topological polar surface area (TPSA) is 116 Å². The summed E-state index contributed by atoms with van der Waals surface area (Å²) in [6.07, 6.45) is 0.659. The number of sulfonamides is 1. The van der Waals surface area contributed by atoms with Crippen LogP contribution in [0, 0.1) is 0 Å². The van der Waals surface area contributed by atoms with E-state index in [-0.39, 0.29) is 27.5 Å². The van der Waals surface area contributed by atoms with Crippen LogP contribution in [0.25, 0.3) is 0 Å². The highest BCUT2D eigenvalue weighted by atomic mass is 35.5. The number of amides is 2. The molecule has 12 heteroatoms. The van der Waals surface area contributed by atoms with Crippen molar-refractivity contribution in [2.75, 3.05) is 18.4 Å². The molecular formula is C15H16Cl2N4O4S2. The van der Waals surface area contributed by atoms with Crippen molar-refractivity contribution in [1.29, 1.82) is 0 Å². The highest BCUT2D eigenvalue weighted by Gasteiger charge is 2.40. The lowest BCUT2D eigenvalue weighted by Gasteiger charge is -2.16. The molecule has 0 aromatic heterocycles. The molecule has 1 aromatic carbocycles. The Balaban J connectivity index is 1.61. The SMILES string of the molecule is O=C(NC1=CSC(S(=O)(=O)NC2CCNC2)C1=O)Nc1cccc(Cl)c1Cl. The van der Waals surface area contributed by atoms with Crippen molar-refractivity contribution in [2.24, 2.45) is 0 Å². The molecule has 146 valence electrons. The lowest BCUT2D eigenvalue weighted by atomic mass is 10.3. The molecule has 0 saturated carbocycles. The van der Waals surface area contributed by atoms with Crippen LogP contribution in [-0.4, -0.2) is 43.9 Å². The van der Waals surface area contributed by atoms with Crippen molar-refractivity contribution in [2.45, 2.75) is 17.0 Å². The van der Waals surface area contributed by atoms with E-state index in [0.29, 0.717) is 13.0 Å². The summed E-state index contributed by atoms with van der Waals surface area (Å²) in [7, 11) is -3.87. The predicted molar refractivity (Wildman–Crippen MR) is 106 cm³/mol. The fraction of sp³-hybridized carbons (Fsp3) is 0.333. The maximum atomic E-state index is 12.4. The second kappa shape index (κ2) is 8.38. The third-order valence-corrected chi connectivity index (χ3v) is 8.10. The first-order valence-corrected chi connectivity index (χ1v) is 11.2. The minimum absolute atomic E-state index is 0.101. The van der Waals surface area contributed by atoms with Crippen LogP contribution in [0.3, 0.4) is 0 Å². The normalized spacial score (nSPS) is 22.6. The van der Waals surface area contributed by atoms with Crippen LogP contribution in [-0.2, 0) is 14.8 Å². The zero-order valence-electron chi connectivity index (χ0n) is 13.8. The molecule has 0 spiro atoms. The number of Topliss-reactive ketones (excluding diaryl/α,β-unsaturated/α-hetero) is 1. The average molecular weight is 451 g/mol. The van der Waals surface area contributed by atoms with Crippen LogP contribution in [0.5, 0.6) is 0 Å². The van der Waals surface area contributed by atoms with Gasteiger partial charge in [-0.3, -0.25) is 4.79 Å². The Morgan fingerprint density at radius 2 is 2.04 bits per heavy atom. The van der Waals surface area contributed by atoms with Crippen molar-refractivity contribution >= 4 is 62.5 Å². The number of hydrogen-bond donors (Lipinski definition) is 4. The zero-order chi connectivity index (χ0) is 19.6. The molecule has 0 radical (unpaired) electrons. The highest BCUT2D eigenvalue weighted by Crippen LogP contribution is 2.31. The summed E-state index contributed by atoms with van der Waals surface area (Å²) in [6.45, 7) is 1.24. The second-order valence-corrected chi connectivity index (χ2v) is 9.76. The molecule has 2 unspecified atom stereocenters. The van der Waals surface area contributed by atoms with Crippen molar-refractivity contribution in [1.82, 2.24) is 15.4 Å². The van der Waals surface area contributed by atoms with E-state index in [9.17, 15) is 18.0 Å². The summed E-state index contributed by atoms with van der Waals surface area (Å²) < 4.78 is 26.1. The molecule has 1 fully saturated rings. The van der Waals surface area contributed by atoms with Gasteiger partial charge >= 0.3 is 6.03 Å². The zero-order valence-corrected chi connectivity index (χ0v) is 16.9. The largest absolute Gasteiger partial charge is 0.323 e. The molecular weight excluding hydrogens is 435 g/mol. The Kier molecular flexibility index (Phi) is 6.34. The number of rotatable bonds is 5. The van der Waals surface area contributed by atoms with E-state index >= 15 is 0 Å². The lowest BCUT2D eigenvalue weighted by Crippen LogP contribution is -2.44. The third kappa shape index (κ3) is 4.76. The van der Waals surface area contributed by atoms with E-state index in [2.05, 4.69) is 20.7 Å². The number of ketones is 1. The summed E-state index contributed by atoms with van der Waals surface area (Å²) in [6, 6.07) is 3.74. The molecule has 0 bridgehead atoms. The second-order valence-electron chi connectivity index (χ2n) is 5.90. The maximum absolute atomic E-state index is 12.4. The van der Waals surface area contributed by atoms with E-state index in [1.165, 1.54) is 5.41 Å². The molecule has 2 amide bonds. The standard InChI is InChI=1S/C15H16Cl2N4O4S2/c16-9-2-1-3-10(12(9)17)19-15(23)20-11-7-26-14(13(11)22)27(24,25)21-8-4-5-18-6-8/h1-3,7-8,14,18,21H,4-6H2,(H2,19,20,23). The van der Waals surface area contributed by atoms with Gasteiger partial charge in [-0.05, 0) is 25.1 Å². The van der Waals surface area contributed by atoms with Gasteiger partial charge in [0.05, 0.1) is 21.4 Å². The van der Waals surface area contributed by atoms with E-state index in [1.54, 1.807) is 18.2 Å². The van der Waals surface area contributed by atoms with Crippen molar-refractivity contribution in [3.8, 4) is 0 Å². The van der Waals surface area contributed by atoms with Gasteiger partial charge in [-0.25, -0.2) is 17.9 Å². The predicted octanol–water partition coefficient (Wildman–Crippen LogP) is 1.88. The summed E-state index contributed by atoms with van der Waals surface area (Å²) in [5, 5.41) is 9.61. The Morgan fingerprint density at radius 3 is 2.74 bits per heavy atom. The van der Waals surface area contributed by atoms with Crippen molar-refractivity contribution in [3.05, 3.63) is 39.3 Å². The van der Waals surface area contributed by atoms with Gasteiger partial charge in [0.25, 0.3) is 0 Å². The molecule has 2 aliphatic rings. The Bertz CT molecular complexity index is 901. The Hall–Kier alpha value is -1.30. The number of halogens is 2. The van der Waals surface area contributed by atoms with Gasteiger partial charge in [0.15, 0.2) is 4.58 Å². The third-order valence-electron chi connectivity index (χ3n) is 3.91. The molecule has 3 rings (SSSR count). The fourth-order valence-corrected chi connectivity index (χ4v) is 5.76. The van der Waals surface area contributed by atoms with Gasteiger partial charge in [0.2, 0.25) is 15.8 Å². The number of nitrogens with one attached hydrogen (secondary N) is 4. The molecule has 0 aliphatic carbocycles. The molecule has 8 nitrogen and oxygen atoms in total. The number of carbonyl (C=O) groups excluding carboxylic acids is 2. The minimum Gasteiger partial charge on any atom is -0.315 e. The number of anilines is 1. The summed E-state index contributed by atoms with van der Waals surface area (Å²) in [4.78, 5) is 24.5. The number of urea groups is 1. The molecule has 1 saturated heterocycles. The van der Waals surface area contributed by atoms with Crippen LogP contribution in [0.4, 0.5) is 10.5 Å². The van der Waals surface area contributed by atoms with Crippen LogP contribution < -0.4 is 20.7 Å². The number of allylic oxidation sites excluding steroid dienone is 1. The summed E-state index contributed by atoms with van der Waals surface area (Å²) in [5.74, 6) is -0.689. The van der Waals surface area contributed by atoms with Crippen LogP contribution >= 0.6 is 35.0 Å². The van der Waals surface area contributed by atoms with Crippen LogP contribution in [0.2, 0.25) is 10.0 Å². The molecule has 1 aromatic rings. The number of thioether (sulfide) groups is 1. The van der Waals surface area contributed by atoms with E-state index < -0.39 is 26.4 Å². The number of carbonyl (C=O) groups is 2. The van der Waals surface area contributed by atoms with Crippen LogP contribution in [0.15, 0.2) is 29.3 Å². The van der Waals surface area contributed by atoms with E-state index in [1.807, 2.05) is 0 Å². The van der Waals surface area contributed by atoms with Gasteiger partial charge < -0.3 is 16.0 Å². The first-order chi connectivity index (χ1) is 12.8. The monoisotopic (exact) mass is 450 g/mol. The van der Waals surface area contributed by atoms with Gasteiger partial charge in [-0.1, -0.05) is 29.3 Å². The van der Waals surface area contributed by atoms with Crippen molar-refractivity contribution < 1.29 is 18.0 Å². The molecule has 4 N–H and O–H groups in total. The van der Waals surface area contributed by atoms with Gasteiger partial charge in [0, 0.05) is 18.0 Å². The molecule has 27 heavy (non-hydrogen) atoms. The minimum atomic E-state index is -3.87. The Labute approximate surface area is 170 Å². The number of hydrogen-bond acceptors (Lipinski definition) is 6. The summed E-state index contributed by atoms with van der Waals surface area (Å²) >= 11 is 12.7. The first kappa shape index (κ1) is 20.4. The molecule has 2 atom stereocenters. The quantitative estimate of drug-likeness (QED) is 0.543. The van der Waals surface area contributed by atoms with E-state index in [4.69, 9.17) is 23.2 Å².